The molecule has 0 radical (unpaired) electrons. The van der Waals surface area contributed by atoms with Crippen LogP contribution in [-0.4, -0.2) is 22.2 Å². The third-order valence-corrected chi connectivity index (χ3v) is 2.70. The van der Waals surface area contributed by atoms with Gasteiger partial charge in [-0.25, -0.2) is 4.79 Å². The second-order valence-electron chi connectivity index (χ2n) is 3.83. The first-order valence-corrected chi connectivity index (χ1v) is 5.16. The van der Waals surface area contributed by atoms with Crippen molar-refractivity contribution in [2.24, 2.45) is 5.73 Å². The number of nitrogens with two attached hydrogens (primary N) is 1. The van der Waals surface area contributed by atoms with Crippen molar-refractivity contribution in [2.45, 2.75) is 13.5 Å². The highest BCUT2D eigenvalue weighted by molar-refractivity contribution is 5.94. The van der Waals surface area contributed by atoms with Crippen LogP contribution in [0.25, 0.3) is 10.9 Å². The second-order valence-corrected chi connectivity index (χ2v) is 3.83. The fourth-order valence-electron chi connectivity index (χ4n) is 1.93. The number of aromatic nitrogens is 1. The van der Waals surface area contributed by atoms with Gasteiger partial charge in [0.25, 0.3) is 0 Å². The van der Waals surface area contributed by atoms with Crippen molar-refractivity contribution in [3.63, 3.8) is 0 Å². The number of carboxylic acids is 1. The number of benzene rings is 1. The molecule has 4 nitrogen and oxygen atoms in total. The summed E-state index contributed by atoms with van der Waals surface area (Å²) in [4.78, 5) is 10.9. The molecule has 2 aromatic rings. The fourth-order valence-corrected chi connectivity index (χ4v) is 1.93. The van der Waals surface area contributed by atoms with Crippen LogP contribution in [0.15, 0.2) is 24.4 Å². The standard InChI is InChI=1S/C12H14N2O2/c1-8-7-14(5-4-13)11-6-9(12(15)16)2-3-10(8)11/h2-3,6-7H,4-5,13H2,1H3,(H,15,16). The summed E-state index contributed by atoms with van der Waals surface area (Å²) >= 11 is 0. The van der Waals surface area contributed by atoms with Crippen LogP contribution < -0.4 is 5.73 Å². The van der Waals surface area contributed by atoms with E-state index in [0.717, 1.165) is 16.5 Å². The highest BCUT2D eigenvalue weighted by atomic mass is 16.4. The Bertz CT molecular complexity index is 543. The molecule has 0 atom stereocenters. The third-order valence-electron chi connectivity index (χ3n) is 2.70. The van der Waals surface area contributed by atoms with Crippen molar-refractivity contribution >= 4 is 16.9 Å². The van der Waals surface area contributed by atoms with Gasteiger partial charge >= 0.3 is 5.97 Å². The SMILES string of the molecule is Cc1cn(CCN)c2cc(C(=O)O)ccc12. The number of rotatable bonds is 3. The molecule has 0 aliphatic rings. The van der Waals surface area contributed by atoms with E-state index < -0.39 is 5.97 Å². The first-order chi connectivity index (χ1) is 7.63. The normalized spacial score (nSPS) is 10.9. The summed E-state index contributed by atoms with van der Waals surface area (Å²) in [5.74, 6) is -0.903. The van der Waals surface area contributed by atoms with Gasteiger partial charge < -0.3 is 15.4 Å². The summed E-state index contributed by atoms with van der Waals surface area (Å²) in [6.45, 7) is 3.25. The van der Waals surface area contributed by atoms with E-state index in [2.05, 4.69) is 0 Å². The predicted molar refractivity (Wildman–Crippen MR) is 62.7 cm³/mol. The fraction of sp³-hybridized carbons (Fsp3) is 0.250. The van der Waals surface area contributed by atoms with Crippen LogP contribution in [0, 0.1) is 6.92 Å². The molecule has 0 spiro atoms. The molecule has 3 N–H and O–H groups in total. The Labute approximate surface area is 93.3 Å². The molecular weight excluding hydrogens is 204 g/mol. The van der Waals surface area contributed by atoms with Crippen molar-refractivity contribution < 1.29 is 9.90 Å². The van der Waals surface area contributed by atoms with Gasteiger partial charge in [-0.05, 0) is 24.6 Å². The van der Waals surface area contributed by atoms with E-state index >= 15 is 0 Å². The molecule has 0 fully saturated rings. The minimum Gasteiger partial charge on any atom is -0.478 e. The van der Waals surface area contributed by atoms with Crippen LogP contribution in [0.3, 0.4) is 0 Å². The number of hydrogen-bond acceptors (Lipinski definition) is 2. The van der Waals surface area contributed by atoms with E-state index in [0.29, 0.717) is 18.7 Å². The number of fused-ring (bicyclic) bond motifs is 1. The van der Waals surface area contributed by atoms with Crippen LogP contribution in [0.1, 0.15) is 15.9 Å². The highest BCUT2D eigenvalue weighted by Gasteiger charge is 2.08. The first-order valence-electron chi connectivity index (χ1n) is 5.16. The highest BCUT2D eigenvalue weighted by Crippen LogP contribution is 2.22. The third kappa shape index (κ3) is 1.67. The second kappa shape index (κ2) is 3.98. The maximum atomic E-state index is 10.9. The number of hydrogen-bond donors (Lipinski definition) is 2. The first kappa shape index (κ1) is 10.7. The number of aromatic carboxylic acids is 1. The molecule has 84 valence electrons. The van der Waals surface area contributed by atoms with E-state index in [1.807, 2.05) is 23.8 Å². The monoisotopic (exact) mass is 218 g/mol. The van der Waals surface area contributed by atoms with Crippen molar-refractivity contribution in [3.05, 3.63) is 35.5 Å². The Hall–Kier alpha value is -1.81. The molecule has 2 rings (SSSR count). The summed E-state index contributed by atoms with van der Waals surface area (Å²) < 4.78 is 2.00. The van der Waals surface area contributed by atoms with Crippen LogP contribution in [0.2, 0.25) is 0 Å². The maximum absolute atomic E-state index is 10.9. The number of aryl methyl sites for hydroxylation is 1. The van der Waals surface area contributed by atoms with Crippen LogP contribution >= 0.6 is 0 Å². The van der Waals surface area contributed by atoms with Crippen molar-refractivity contribution in [3.8, 4) is 0 Å². The van der Waals surface area contributed by atoms with Gasteiger partial charge in [-0.2, -0.15) is 0 Å². The number of carbonyl (C=O) groups is 1. The lowest BCUT2D eigenvalue weighted by atomic mass is 10.1. The lowest BCUT2D eigenvalue weighted by molar-refractivity contribution is 0.0697. The summed E-state index contributed by atoms with van der Waals surface area (Å²) in [6.07, 6.45) is 2.00. The minimum atomic E-state index is -0.903. The molecule has 0 saturated carbocycles. The maximum Gasteiger partial charge on any atom is 0.335 e. The predicted octanol–water partition coefficient (Wildman–Crippen LogP) is 1.61. The summed E-state index contributed by atoms with van der Waals surface area (Å²) in [7, 11) is 0. The van der Waals surface area contributed by atoms with E-state index in [1.54, 1.807) is 12.1 Å². The summed E-state index contributed by atoms with van der Waals surface area (Å²) in [6, 6.07) is 5.17. The smallest absolute Gasteiger partial charge is 0.335 e. The van der Waals surface area contributed by atoms with Crippen LogP contribution in [0.4, 0.5) is 0 Å². The van der Waals surface area contributed by atoms with Gasteiger partial charge in [-0.1, -0.05) is 6.07 Å². The Balaban J connectivity index is 2.64. The van der Waals surface area contributed by atoms with Gasteiger partial charge in [0, 0.05) is 30.2 Å². The Kier molecular flexibility index (Phi) is 2.66. The summed E-state index contributed by atoms with van der Waals surface area (Å²) in [5, 5.41) is 10.0. The van der Waals surface area contributed by atoms with Crippen LogP contribution in [0.5, 0.6) is 0 Å². The average molecular weight is 218 g/mol. The Morgan fingerprint density at radius 3 is 2.88 bits per heavy atom. The van der Waals surface area contributed by atoms with Gasteiger partial charge in [0.1, 0.15) is 0 Å². The zero-order valence-corrected chi connectivity index (χ0v) is 9.10. The van der Waals surface area contributed by atoms with Gasteiger partial charge in [-0.3, -0.25) is 0 Å². The Morgan fingerprint density at radius 1 is 1.50 bits per heavy atom. The summed E-state index contributed by atoms with van der Waals surface area (Å²) in [5.41, 5.74) is 7.90. The van der Waals surface area contributed by atoms with E-state index in [1.165, 1.54) is 0 Å². The van der Waals surface area contributed by atoms with Gasteiger partial charge in [0.2, 0.25) is 0 Å². The number of carboxylic acid groups (broad SMARTS) is 1. The molecule has 0 aliphatic carbocycles. The molecular formula is C12H14N2O2. The van der Waals surface area contributed by atoms with Gasteiger partial charge in [0.15, 0.2) is 0 Å². The van der Waals surface area contributed by atoms with E-state index in [-0.39, 0.29) is 0 Å². The van der Waals surface area contributed by atoms with E-state index in [4.69, 9.17) is 10.8 Å². The molecule has 0 amide bonds. The molecule has 1 heterocycles. The number of nitrogens with zero attached hydrogens (tertiary/aromatic N) is 1. The van der Waals surface area contributed by atoms with Crippen molar-refractivity contribution in [1.82, 2.24) is 4.57 Å². The zero-order chi connectivity index (χ0) is 11.7. The zero-order valence-electron chi connectivity index (χ0n) is 9.10. The molecule has 0 unspecified atom stereocenters. The average Bonchev–Trinajstić information content (AvgIpc) is 2.56. The molecule has 0 aliphatic heterocycles. The Morgan fingerprint density at radius 2 is 2.25 bits per heavy atom. The topological polar surface area (TPSA) is 68.2 Å². The van der Waals surface area contributed by atoms with Crippen molar-refractivity contribution in [2.75, 3.05) is 6.54 Å². The molecule has 1 aromatic carbocycles. The molecule has 4 heteroatoms. The van der Waals surface area contributed by atoms with E-state index in [9.17, 15) is 4.79 Å². The largest absolute Gasteiger partial charge is 0.478 e. The lowest BCUT2D eigenvalue weighted by Gasteiger charge is -2.03. The van der Waals surface area contributed by atoms with Gasteiger partial charge in [0.05, 0.1) is 5.56 Å². The van der Waals surface area contributed by atoms with Crippen molar-refractivity contribution in [1.29, 1.82) is 0 Å². The molecule has 16 heavy (non-hydrogen) atoms. The minimum absolute atomic E-state index is 0.309. The van der Waals surface area contributed by atoms with Crippen LogP contribution in [-0.2, 0) is 6.54 Å². The lowest BCUT2D eigenvalue weighted by Crippen LogP contribution is -2.08. The molecule has 0 bridgehead atoms. The molecule has 1 aromatic heterocycles. The van der Waals surface area contributed by atoms with Gasteiger partial charge in [-0.15, -0.1) is 0 Å². The quantitative estimate of drug-likeness (QED) is 0.822. The molecule has 0 saturated heterocycles.